The van der Waals surface area contributed by atoms with E-state index in [4.69, 9.17) is 0 Å². The van der Waals surface area contributed by atoms with Crippen LogP contribution in [-0.4, -0.2) is 42.7 Å². The predicted molar refractivity (Wildman–Crippen MR) is 47.6 cm³/mol. The van der Waals surface area contributed by atoms with Crippen molar-refractivity contribution in [3.8, 4) is 0 Å². The minimum absolute atomic E-state index is 0. The maximum Gasteiger partial charge on any atom is 2.00 e. The van der Waals surface area contributed by atoms with Crippen molar-refractivity contribution in [1.29, 1.82) is 0 Å². The Labute approximate surface area is 96.1 Å². The van der Waals surface area contributed by atoms with Gasteiger partial charge in [-0.2, -0.15) is 0 Å². The van der Waals surface area contributed by atoms with E-state index >= 15 is 0 Å². The molecule has 0 saturated heterocycles. The van der Waals surface area contributed by atoms with Crippen LogP contribution in [-0.2, 0) is 0 Å². The van der Waals surface area contributed by atoms with Gasteiger partial charge in [0.25, 0.3) is 0 Å². The molecule has 10 heavy (non-hydrogen) atoms. The third-order valence-electron chi connectivity index (χ3n) is 1.24. The summed E-state index contributed by atoms with van der Waals surface area (Å²) in [7, 11) is 0. The first-order valence-corrected chi connectivity index (χ1v) is 3.63. The molecule has 1 aromatic heterocycles. The van der Waals surface area contributed by atoms with Crippen LogP contribution in [0.3, 0.4) is 0 Å². The van der Waals surface area contributed by atoms with Crippen molar-refractivity contribution < 1.29 is 2.85 Å². The molecule has 0 aliphatic rings. The van der Waals surface area contributed by atoms with Gasteiger partial charge in [0.05, 0.1) is 15.7 Å². The average Bonchev–Trinajstić information content (AvgIpc) is 2.33. The second kappa shape index (κ2) is 3.67. The van der Waals surface area contributed by atoms with E-state index in [-0.39, 0.29) is 40.6 Å². The summed E-state index contributed by atoms with van der Waals surface area (Å²) in [6, 6.07) is 8.13. The molecular formula is C7H7CaNS. The summed E-state index contributed by atoms with van der Waals surface area (Å²) in [5.41, 5.74) is 2.97. The van der Waals surface area contributed by atoms with Crippen LogP contribution in [0.25, 0.3) is 10.2 Å². The summed E-state index contributed by atoms with van der Waals surface area (Å²) in [5.74, 6) is 0. The third kappa shape index (κ3) is 1.51. The Bertz CT molecular complexity index is 295. The number of para-hydroxylation sites is 1. The molecule has 0 amide bonds. The Balaban J connectivity index is 0. The number of thiazole rings is 1. The molecule has 0 spiro atoms. The van der Waals surface area contributed by atoms with Gasteiger partial charge in [0.15, 0.2) is 0 Å². The van der Waals surface area contributed by atoms with Crippen molar-refractivity contribution >= 4 is 59.3 Å². The quantitative estimate of drug-likeness (QED) is 0.562. The van der Waals surface area contributed by atoms with Gasteiger partial charge < -0.3 is 2.85 Å². The molecule has 1 heterocycles. The molecule has 0 saturated carbocycles. The first kappa shape index (κ1) is 8.47. The van der Waals surface area contributed by atoms with Gasteiger partial charge in [0.2, 0.25) is 0 Å². The minimum Gasteiger partial charge on any atom is -1.00 e. The second-order valence-corrected chi connectivity index (χ2v) is 2.71. The first-order valence-electron chi connectivity index (χ1n) is 2.75. The van der Waals surface area contributed by atoms with Crippen molar-refractivity contribution in [1.82, 2.24) is 4.98 Å². The Morgan fingerprint density at radius 3 is 2.90 bits per heavy atom. The maximum atomic E-state index is 4.14. The van der Waals surface area contributed by atoms with Crippen LogP contribution < -0.4 is 0 Å². The van der Waals surface area contributed by atoms with Crippen molar-refractivity contribution in [2.24, 2.45) is 0 Å². The molecule has 3 heteroatoms. The molecular weight excluding hydrogens is 170 g/mol. The number of benzene rings is 1. The maximum absolute atomic E-state index is 4.14. The topological polar surface area (TPSA) is 12.9 Å². The van der Waals surface area contributed by atoms with Crippen LogP contribution in [0, 0.1) is 0 Å². The molecule has 0 bridgehead atoms. The molecule has 48 valence electrons. The van der Waals surface area contributed by atoms with E-state index in [1.807, 2.05) is 23.7 Å². The first-order chi connectivity index (χ1) is 4.47. The summed E-state index contributed by atoms with van der Waals surface area (Å²) in [6.45, 7) is 0. The van der Waals surface area contributed by atoms with E-state index in [9.17, 15) is 0 Å². The number of rotatable bonds is 0. The van der Waals surface area contributed by atoms with Crippen LogP contribution in [0.1, 0.15) is 2.85 Å². The zero-order chi connectivity index (χ0) is 6.10. The summed E-state index contributed by atoms with van der Waals surface area (Å²) < 4.78 is 1.26. The third-order valence-corrected chi connectivity index (χ3v) is 2.05. The number of fused-ring (bicyclic) bond motifs is 1. The average molecular weight is 177 g/mol. The minimum atomic E-state index is 0. The predicted octanol–water partition coefficient (Wildman–Crippen LogP) is 2.14. The Morgan fingerprint density at radius 2 is 2.10 bits per heavy atom. The van der Waals surface area contributed by atoms with Crippen LogP contribution in [0.5, 0.6) is 0 Å². The fraction of sp³-hybridized carbons (Fsp3) is 0. The molecule has 0 atom stereocenters. The number of hydrogen-bond donors (Lipinski definition) is 0. The molecule has 1 aromatic carbocycles. The summed E-state index contributed by atoms with van der Waals surface area (Å²) in [4.78, 5) is 4.14. The summed E-state index contributed by atoms with van der Waals surface area (Å²) >= 11 is 1.68. The molecule has 2 aromatic rings. The molecule has 1 nitrogen and oxygen atoms in total. The normalized spacial score (nSPS) is 9.20. The van der Waals surface area contributed by atoms with Crippen molar-refractivity contribution in [2.75, 3.05) is 0 Å². The van der Waals surface area contributed by atoms with Gasteiger partial charge in [-0.15, -0.1) is 11.3 Å². The van der Waals surface area contributed by atoms with Crippen molar-refractivity contribution in [2.45, 2.75) is 0 Å². The van der Waals surface area contributed by atoms with Gasteiger partial charge in [0.1, 0.15) is 0 Å². The SMILES string of the molecule is [Ca+2].[H-].[H-].c1ccc2scnc2c1. The molecule has 0 unspecified atom stereocenters. The largest absolute Gasteiger partial charge is 2.00 e. The molecule has 2 rings (SSSR count). The van der Waals surface area contributed by atoms with E-state index in [0.29, 0.717) is 0 Å². The Kier molecular flexibility index (Phi) is 3.11. The van der Waals surface area contributed by atoms with Crippen LogP contribution >= 0.6 is 11.3 Å². The summed E-state index contributed by atoms with van der Waals surface area (Å²) in [6.07, 6.45) is 0. The molecule has 0 aliphatic heterocycles. The van der Waals surface area contributed by atoms with Gasteiger partial charge in [-0.25, -0.2) is 4.98 Å². The standard InChI is InChI=1S/C7H5NS.Ca.2H/c1-2-4-7-6(3-1)8-5-9-7;;;/h1-5H;;;/q;+2;2*-1. The van der Waals surface area contributed by atoms with Gasteiger partial charge in [-0.3, -0.25) is 0 Å². The molecule has 0 fully saturated rings. The van der Waals surface area contributed by atoms with Crippen LogP contribution in [0.4, 0.5) is 0 Å². The Hall–Kier alpha value is 0.370. The monoisotopic (exact) mass is 177 g/mol. The van der Waals surface area contributed by atoms with Crippen molar-refractivity contribution in [3.63, 3.8) is 0 Å². The summed E-state index contributed by atoms with van der Waals surface area (Å²) in [5, 5.41) is 0. The van der Waals surface area contributed by atoms with Gasteiger partial charge >= 0.3 is 37.7 Å². The van der Waals surface area contributed by atoms with E-state index in [1.165, 1.54) is 4.70 Å². The van der Waals surface area contributed by atoms with Gasteiger partial charge in [-0.05, 0) is 12.1 Å². The van der Waals surface area contributed by atoms with E-state index < -0.39 is 0 Å². The van der Waals surface area contributed by atoms with Gasteiger partial charge in [0, 0.05) is 0 Å². The van der Waals surface area contributed by atoms with Gasteiger partial charge in [-0.1, -0.05) is 12.1 Å². The van der Waals surface area contributed by atoms with Crippen molar-refractivity contribution in [3.05, 3.63) is 29.8 Å². The number of aromatic nitrogens is 1. The molecule has 0 aliphatic carbocycles. The zero-order valence-corrected chi connectivity index (χ0v) is 8.47. The second-order valence-electron chi connectivity index (χ2n) is 1.82. The van der Waals surface area contributed by atoms with Crippen LogP contribution in [0.15, 0.2) is 29.8 Å². The Morgan fingerprint density at radius 1 is 1.30 bits per heavy atom. The van der Waals surface area contributed by atoms with E-state index in [2.05, 4.69) is 11.1 Å². The number of nitrogens with zero attached hydrogens (tertiary/aromatic N) is 1. The van der Waals surface area contributed by atoms with E-state index in [0.717, 1.165) is 5.52 Å². The molecule has 0 radical (unpaired) electrons. The van der Waals surface area contributed by atoms with Crippen LogP contribution in [0.2, 0.25) is 0 Å². The zero-order valence-electron chi connectivity index (χ0n) is 7.45. The number of hydrogen-bond acceptors (Lipinski definition) is 2. The molecule has 0 N–H and O–H groups in total. The fourth-order valence-electron chi connectivity index (χ4n) is 0.803. The van der Waals surface area contributed by atoms with E-state index in [1.54, 1.807) is 11.3 Å². The smallest absolute Gasteiger partial charge is 1.00 e. The fourth-order valence-corrected chi connectivity index (χ4v) is 1.48.